The number of ether oxygens (including phenoxy) is 1. The first kappa shape index (κ1) is 25.1. The third kappa shape index (κ3) is 5.80. The first-order chi connectivity index (χ1) is 17.4. The van der Waals surface area contributed by atoms with Gasteiger partial charge in [-0.1, -0.05) is 37.3 Å². The molecule has 0 saturated carbocycles. The highest BCUT2D eigenvalue weighted by atomic mass is 32.2. The Morgan fingerprint density at radius 1 is 0.972 bits per heavy atom. The number of amides is 2. The standard InChI is InChI=1S/C27H26N4O4S/c1-4-14-35-26(34)20-10-12-21(13-11-20)30-22-23(36-27-28-17(2)15-18(3)29-27)25(33)31(24(22)32)16-19-8-6-5-7-9-19/h5-13,15,30H,4,14,16H2,1-3H3. The van der Waals surface area contributed by atoms with E-state index in [0.717, 1.165) is 35.1 Å². The number of anilines is 1. The topological polar surface area (TPSA) is 101 Å². The molecule has 8 nitrogen and oxygen atoms in total. The fourth-order valence-corrected chi connectivity index (χ4v) is 4.61. The molecule has 184 valence electrons. The maximum atomic E-state index is 13.4. The molecule has 2 heterocycles. The number of esters is 1. The van der Waals surface area contributed by atoms with Crippen molar-refractivity contribution in [3.8, 4) is 0 Å². The molecule has 9 heteroatoms. The van der Waals surface area contributed by atoms with Crippen molar-refractivity contribution in [3.63, 3.8) is 0 Å². The van der Waals surface area contributed by atoms with Gasteiger partial charge in [0.25, 0.3) is 11.8 Å². The zero-order valence-corrected chi connectivity index (χ0v) is 21.1. The number of carbonyl (C=O) groups is 3. The van der Waals surface area contributed by atoms with E-state index in [2.05, 4.69) is 15.3 Å². The molecular weight excluding hydrogens is 476 g/mol. The number of nitrogens with zero attached hydrogens (tertiary/aromatic N) is 3. The maximum absolute atomic E-state index is 13.4. The minimum absolute atomic E-state index is 0.143. The average Bonchev–Trinajstić information content (AvgIpc) is 3.07. The summed E-state index contributed by atoms with van der Waals surface area (Å²) in [6.07, 6.45) is 0.736. The summed E-state index contributed by atoms with van der Waals surface area (Å²) in [5.74, 6) is -1.27. The number of rotatable bonds is 9. The predicted octanol–water partition coefficient (Wildman–Crippen LogP) is 4.65. The van der Waals surface area contributed by atoms with Crippen molar-refractivity contribution in [1.29, 1.82) is 0 Å². The highest BCUT2D eigenvalue weighted by Crippen LogP contribution is 2.35. The molecule has 3 aromatic rings. The van der Waals surface area contributed by atoms with E-state index in [1.165, 1.54) is 4.90 Å². The van der Waals surface area contributed by atoms with Crippen molar-refractivity contribution in [2.75, 3.05) is 11.9 Å². The van der Waals surface area contributed by atoms with Crippen LogP contribution in [0.2, 0.25) is 0 Å². The van der Waals surface area contributed by atoms with Gasteiger partial charge in [0.1, 0.15) is 10.6 Å². The summed E-state index contributed by atoms with van der Waals surface area (Å²) >= 11 is 1.06. The van der Waals surface area contributed by atoms with E-state index in [4.69, 9.17) is 4.74 Å². The first-order valence-corrected chi connectivity index (χ1v) is 12.4. The van der Waals surface area contributed by atoms with E-state index in [1.807, 2.05) is 57.2 Å². The molecule has 4 rings (SSSR count). The molecule has 36 heavy (non-hydrogen) atoms. The Labute approximate surface area is 213 Å². The van der Waals surface area contributed by atoms with Crippen LogP contribution in [0.1, 0.15) is 40.7 Å². The lowest BCUT2D eigenvalue weighted by Crippen LogP contribution is -2.31. The van der Waals surface area contributed by atoms with Gasteiger partial charge in [0.15, 0.2) is 5.16 Å². The Balaban J connectivity index is 1.63. The summed E-state index contributed by atoms with van der Waals surface area (Å²) in [7, 11) is 0. The van der Waals surface area contributed by atoms with Crippen molar-refractivity contribution in [2.45, 2.75) is 38.9 Å². The Morgan fingerprint density at radius 3 is 2.28 bits per heavy atom. The number of hydrogen-bond acceptors (Lipinski definition) is 8. The molecule has 1 aliphatic rings. The molecule has 2 amide bonds. The zero-order chi connectivity index (χ0) is 25.7. The second-order valence-corrected chi connectivity index (χ2v) is 9.24. The lowest BCUT2D eigenvalue weighted by atomic mass is 10.2. The second-order valence-electron chi connectivity index (χ2n) is 8.26. The van der Waals surface area contributed by atoms with Gasteiger partial charge in [0.2, 0.25) is 0 Å². The minimum atomic E-state index is -0.442. The number of nitrogens with one attached hydrogen (secondary N) is 1. The molecule has 0 unspecified atom stereocenters. The Kier molecular flexibility index (Phi) is 7.80. The van der Waals surface area contributed by atoms with Crippen molar-refractivity contribution in [1.82, 2.24) is 14.9 Å². The number of imide groups is 1. The quantitative estimate of drug-likeness (QED) is 0.256. The van der Waals surface area contributed by atoms with Gasteiger partial charge in [-0.15, -0.1) is 0 Å². The molecule has 1 N–H and O–H groups in total. The third-order valence-corrected chi connectivity index (χ3v) is 6.24. The summed E-state index contributed by atoms with van der Waals surface area (Å²) in [6.45, 7) is 6.11. The van der Waals surface area contributed by atoms with Crippen LogP contribution in [0.3, 0.4) is 0 Å². The molecule has 0 atom stereocenters. The van der Waals surface area contributed by atoms with Crippen LogP contribution < -0.4 is 5.32 Å². The van der Waals surface area contributed by atoms with E-state index in [1.54, 1.807) is 24.3 Å². The van der Waals surface area contributed by atoms with E-state index < -0.39 is 17.8 Å². The van der Waals surface area contributed by atoms with Gasteiger partial charge < -0.3 is 10.1 Å². The first-order valence-electron chi connectivity index (χ1n) is 11.5. The fourth-order valence-electron chi connectivity index (χ4n) is 3.61. The Morgan fingerprint density at radius 2 is 1.64 bits per heavy atom. The summed E-state index contributed by atoms with van der Waals surface area (Å²) in [5.41, 5.74) is 3.47. The van der Waals surface area contributed by atoms with Gasteiger partial charge in [-0.25, -0.2) is 14.8 Å². The van der Waals surface area contributed by atoms with Gasteiger partial charge >= 0.3 is 5.97 Å². The van der Waals surface area contributed by atoms with Crippen LogP contribution in [0.15, 0.2) is 76.4 Å². The van der Waals surface area contributed by atoms with Gasteiger partial charge in [0.05, 0.1) is 18.7 Å². The number of carbonyl (C=O) groups excluding carboxylic acids is 3. The monoisotopic (exact) mass is 502 g/mol. The van der Waals surface area contributed by atoms with Crippen LogP contribution in [-0.4, -0.2) is 39.3 Å². The van der Waals surface area contributed by atoms with Crippen molar-refractivity contribution >= 4 is 35.2 Å². The SMILES string of the molecule is CCCOC(=O)c1ccc(NC2=C(Sc3nc(C)cc(C)n3)C(=O)N(Cc3ccccc3)C2=O)cc1. The van der Waals surface area contributed by atoms with Crippen LogP contribution >= 0.6 is 11.8 Å². The number of aromatic nitrogens is 2. The van der Waals surface area contributed by atoms with Gasteiger partial charge in [-0.05, 0) is 67.9 Å². The fraction of sp³-hybridized carbons (Fsp3) is 0.222. The zero-order valence-electron chi connectivity index (χ0n) is 20.3. The summed E-state index contributed by atoms with van der Waals surface area (Å²) in [4.78, 5) is 49.2. The molecule has 0 radical (unpaired) electrons. The maximum Gasteiger partial charge on any atom is 0.338 e. The molecule has 0 saturated heterocycles. The lowest BCUT2D eigenvalue weighted by molar-refractivity contribution is -0.137. The molecule has 0 aliphatic carbocycles. The van der Waals surface area contributed by atoms with Crippen molar-refractivity contribution in [3.05, 3.63) is 93.8 Å². The van der Waals surface area contributed by atoms with Crippen LogP contribution in [0.5, 0.6) is 0 Å². The number of benzene rings is 2. The Bertz CT molecular complexity index is 1300. The molecule has 0 spiro atoms. The normalized spacial score (nSPS) is 13.4. The largest absolute Gasteiger partial charge is 0.462 e. The second kappa shape index (κ2) is 11.2. The molecule has 0 bridgehead atoms. The average molecular weight is 503 g/mol. The third-order valence-electron chi connectivity index (χ3n) is 5.29. The van der Waals surface area contributed by atoms with Crippen molar-refractivity contribution in [2.24, 2.45) is 0 Å². The highest BCUT2D eigenvalue weighted by molar-refractivity contribution is 8.04. The van der Waals surface area contributed by atoms with Gasteiger partial charge in [-0.3, -0.25) is 14.5 Å². The van der Waals surface area contributed by atoms with Crippen LogP contribution in [0.4, 0.5) is 5.69 Å². The highest BCUT2D eigenvalue weighted by Gasteiger charge is 2.39. The van der Waals surface area contributed by atoms with Gasteiger partial charge in [0, 0.05) is 17.1 Å². The van der Waals surface area contributed by atoms with Gasteiger partial charge in [-0.2, -0.15) is 0 Å². The lowest BCUT2D eigenvalue weighted by Gasteiger charge is -2.15. The molecule has 2 aromatic carbocycles. The number of thioether (sulfide) groups is 1. The van der Waals surface area contributed by atoms with Crippen LogP contribution in [0, 0.1) is 13.8 Å². The molecule has 1 aliphatic heterocycles. The van der Waals surface area contributed by atoms with E-state index in [9.17, 15) is 14.4 Å². The van der Waals surface area contributed by atoms with Crippen LogP contribution in [-0.2, 0) is 20.9 Å². The molecule has 0 fully saturated rings. The smallest absolute Gasteiger partial charge is 0.338 e. The summed E-state index contributed by atoms with van der Waals surface area (Å²) in [5, 5.41) is 3.47. The van der Waals surface area contributed by atoms with E-state index >= 15 is 0 Å². The summed E-state index contributed by atoms with van der Waals surface area (Å²) < 4.78 is 5.16. The predicted molar refractivity (Wildman–Crippen MR) is 137 cm³/mol. The van der Waals surface area contributed by atoms with E-state index in [0.29, 0.717) is 23.0 Å². The molecular formula is C27H26N4O4S. The van der Waals surface area contributed by atoms with Crippen molar-refractivity contribution < 1.29 is 19.1 Å². The number of hydrogen-bond donors (Lipinski definition) is 1. The van der Waals surface area contributed by atoms with Crippen LogP contribution in [0.25, 0.3) is 0 Å². The molecule has 1 aromatic heterocycles. The number of aryl methyl sites for hydroxylation is 2. The van der Waals surface area contributed by atoms with E-state index in [-0.39, 0.29) is 17.1 Å². The minimum Gasteiger partial charge on any atom is -0.462 e. The summed E-state index contributed by atoms with van der Waals surface area (Å²) in [6, 6.07) is 17.7. The Hall–Kier alpha value is -3.98.